The second-order valence-corrected chi connectivity index (χ2v) is 8.37. The molecule has 0 aliphatic heterocycles. The fourth-order valence-corrected chi connectivity index (χ4v) is 3.86. The van der Waals surface area contributed by atoms with Crippen molar-refractivity contribution in [3.8, 4) is 0 Å². The predicted octanol–water partition coefficient (Wildman–Crippen LogP) is 4.17. The van der Waals surface area contributed by atoms with Gasteiger partial charge in [0.15, 0.2) is 0 Å². The Kier molecular flexibility index (Phi) is 5.98. The summed E-state index contributed by atoms with van der Waals surface area (Å²) in [7, 11) is -3.77. The van der Waals surface area contributed by atoms with Crippen LogP contribution in [-0.2, 0) is 16.6 Å². The molecule has 150 valence electrons. The van der Waals surface area contributed by atoms with Crippen molar-refractivity contribution in [2.45, 2.75) is 25.3 Å². The Morgan fingerprint density at radius 1 is 0.931 bits per heavy atom. The summed E-state index contributed by atoms with van der Waals surface area (Å²) in [6.07, 6.45) is 0. The van der Waals surface area contributed by atoms with Crippen LogP contribution in [0.25, 0.3) is 0 Å². The maximum atomic E-state index is 12.9. The summed E-state index contributed by atoms with van der Waals surface area (Å²) in [4.78, 5) is 12.3. The topological polar surface area (TPSA) is 75.3 Å². The highest BCUT2D eigenvalue weighted by Gasteiger charge is 2.16. The molecule has 0 saturated heterocycles. The molecule has 3 aromatic rings. The van der Waals surface area contributed by atoms with E-state index in [4.69, 9.17) is 0 Å². The zero-order chi connectivity index (χ0) is 21.0. The third-order valence-electron chi connectivity index (χ3n) is 4.64. The fraction of sp³-hybridized carbons (Fsp3) is 0.136. The van der Waals surface area contributed by atoms with Gasteiger partial charge in [-0.1, -0.05) is 24.3 Å². The molecule has 7 heteroatoms. The molecular formula is C22H21FN2O3S. The van der Waals surface area contributed by atoms with Crippen LogP contribution in [0.1, 0.15) is 27.0 Å². The first-order valence-corrected chi connectivity index (χ1v) is 10.5. The van der Waals surface area contributed by atoms with Gasteiger partial charge in [0.25, 0.3) is 15.9 Å². The molecule has 29 heavy (non-hydrogen) atoms. The van der Waals surface area contributed by atoms with Gasteiger partial charge >= 0.3 is 0 Å². The van der Waals surface area contributed by atoms with Crippen LogP contribution < -0.4 is 10.0 Å². The SMILES string of the molecule is Cc1cccc(NS(=O)(=O)c2ccc(C(=O)NCc3ccc(F)cc3)cc2)c1C. The normalized spacial score (nSPS) is 11.1. The molecule has 0 spiro atoms. The third kappa shape index (κ3) is 5.00. The number of aryl methyl sites for hydroxylation is 1. The van der Waals surface area contributed by atoms with Crippen molar-refractivity contribution >= 4 is 21.6 Å². The number of anilines is 1. The summed E-state index contributed by atoms with van der Waals surface area (Å²) < 4.78 is 40.8. The van der Waals surface area contributed by atoms with Crippen molar-refractivity contribution in [2.75, 3.05) is 4.72 Å². The minimum Gasteiger partial charge on any atom is -0.348 e. The van der Waals surface area contributed by atoms with Crippen LogP contribution in [0.2, 0.25) is 0 Å². The Morgan fingerprint density at radius 3 is 2.24 bits per heavy atom. The van der Waals surface area contributed by atoms with Crippen LogP contribution in [-0.4, -0.2) is 14.3 Å². The van der Waals surface area contributed by atoms with Crippen LogP contribution in [0.5, 0.6) is 0 Å². The van der Waals surface area contributed by atoms with E-state index < -0.39 is 10.0 Å². The van der Waals surface area contributed by atoms with Gasteiger partial charge in [0.1, 0.15) is 5.82 Å². The van der Waals surface area contributed by atoms with Gasteiger partial charge in [-0.2, -0.15) is 0 Å². The molecule has 0 saturated carbocycles. The number of halogens is 1. The average Bonchev–Trinajstić information content (AvgIpc) is 2.71. The monoisotopic (exact) mass is 412 g/mol. The van der Waals surface area contributed by atoms with Crippen molar-refractivity contribution in [3.05, 3.63) is 94.8 Å². The molecule has 0 aliphatic rings. The lowest BCUT2D eigenvalue weighted by atomic mass is 10.1. The number of rotatable bonds is 6. The quantitative estimate of drug-likeness (QED) is 0.638. The minimum absolute atomic E-state index is 0.0634. The van der Waals surface area contributed by atoms with Crippen LogP contribution in [0.4, 0.5) is 10.1 Å². The molecule has 0 unspecified atom stereocenters. The Labute approximate surface area is 169 Å². The Hall–Kier alpha value is -3.19. The molecule has 2 N–H and O–H groups in total. The van der Waals surface area contributed by atoms with Gasteiger partial charge in [0.2, 0.25) is 0 Å². The van der Waals surface area contributed by atoms with Crippen LogP contribution in [0.15, 0.2) is 71.6 Å². The van der Waals surface area contributed by atoms with Crippen molar-refractivity contribution in [3.63, 3.8) is 0 Å². The highest BCUT2D eigenvalue weighted by atomic mass is 32.2. The maximum Gasteiger partial charge on any atom is 0.261 e. The van der Waals surface area contributed by atoms with Crippen LogP contribution in [0.3, 0.4) is 0 Å². The third-order valence-corrected chi connectivity index (χ3v) is 6.02. The van der Waals surface area contributed by atoms with E-state index in [9.17, 15) is 17.6 Å². The lowest BCUT2D eigenvalue weighted by molar-refractivity contribution is 0.0951. The number of sulfonamides is 1. The summed E-state index contributed by atoms with van der Waals surface area (Å²) in [6.45, 7) is 4.00. The molecule has 0 atom stereocenters. The molecule has 0 fully saturated rings. The lowest BCUT2D eigenvalue weighted by Gasteiger charge is -2.12. The number of hydrogen-bond acceptors (Lipinski definition) is 3. The smallest absolute Gasteiger partial charge is 0.261 e. The Bertz CT molecular complexity index is 1130. The standard InChI is InChI=1S/C22H21FN2O3S/c1-15-4-3-5-21(16(15)2)25-29(27,28)20-12-8-18(9-13-20)22(26)24-14-17-6-10-19(23)11-7-17/h3-13,25H,14H2,1-2H3,(H,24,26). The van der Waals surface area contributed by atoms with Gasteiger partial charge < -0.3 is 5.32 Å². The van der Waals surface area contributed by atoms with E-state index >= 15 is 0 Å². The van der Waals surface area contributed by atoms with Crippen molar-refractivity contribution < 1.29 is 17.6 Å². The fourth-order valence-electron chi connectivity index (χ4n) is 2.74. The molecule has 3 rings (SSSR count). The number of amides is 1. The number of nitrogens with one attached hydrogen (secondary N) is 2. The molecule has 3 aromatic carbocycles. The molecule has 0 bridgehead atoms. The molecule has 0 radical (unpaired) electrons. The average molecular weight is 412 g/mol. The summed E-state index contributed by atoms with van der Waals surface area (Å²) in [5.74, 6) is -0.688. The second-order valence-electron chi connectivity index (χ2n) is 6.69. The van der Waals surface area contributed by atoms with Gasteiger partial charge in [-0.05, 0) is 73.0 Å². The first kappa shape index (κ1) is 20.5. The molecule has 0 aliphatic carbocycles. The van der Waals surface area contributed by atoms with E-state index in [2.05, 4.69) is 10.0 Å². The van der Waals surface area contributed by atoms with Crippen molar-refractivity contribution in [1.29, 1.82) is 0 Å². The minimum atomic E-state index is -3.77. The zero-order valence-corrected chi connectivity index (χ0v) is 16.9. The van der Waals surface area contributed by atoms with E-state index in [1.54, 1.807) is 24.3 Å². The first-order valence-electron chi connectivity index (χ1n) is 8.98. The Balaban J connectivity index is 1.69. The summed E-state index contributed by atoms with van der Waals surface area (Å²) in [6, 6.07) is 16.9. The highest BCUT2D eigenvalue weighted by Crippen LogP contribution is 2.22. The van der Waals surface area contributed by atoms with E-state index in [1.807, 2.05) is 19.9 Å². The van der Waals surface area contributed by atoms with Gasteiger partial charge in [-0.3, -0.25) is 9.52 Å². The van der Waals surface area contributed by atoms with Crippen LogP contribution >= 0.6 is 0 Å². The number of carbonyl (C=O) groups is 1. The Morgan fingerprint density at radius 2 is 1.59 bits per heavy atom. The van der Waals surface area contributed by atoms with Gasteiger partial charge in [-0.15, -0.1) is 0 Å². The molecular weight excluding hydrogens is 391 g/mol. The lowest BCUT2D eigenvalue weighted by Crippen LogP contribution is -2.23. The number of benzene rings is 3. The van der Waals surface area contributed by atoms with E-state index in [0.717, 1.165) is 16.7 Å². The zero-order valence-electron chi connectivity index (χ0n) is 16.1. The van der Waals surface area contributed by atoms with Crippen LogP contribution in [0, 0.1) is 19.7 Å². The number of hydrogen-bond donors (Lipinski definition) is 2. The predicted molar refractivity (Wildman–Crippen MR) is 111 cm³/mol. The van der Waals surface area contributed by atoms with Crippen molar-refractivity contribution in [2.24, 2.45) is 0 Å². The summed E-state index contributed by atoms with van der Waals surface area (Å²) in [5, 5.41) is 2.72. The van der Waals surface area contributed by atoms with E-state index in [1.165, 1.54) is 36.4 Å². The number of carbonyl (C=O) groups excluding carboxylic acids is 1. The first-order chi connectivity index (χ1) is 13.8. The van der Waals surface area contributed by atoms with Gasteiger partial charge in [0.05, 0.1) is 10.6 Å². The summed E-state index contributed by atoms with van der Waals surface area (Å²) in [5.41, 5.74) is 3.45. The molecule has 5 nitrogen and oxygen atoms in total. The van der Waals surface area contributed by atoms with Gasteiger partial charge in [0, 0.05) is 12.1 Å². The second kappa shape index (κ2) is 8.45. The molecule has 0 heterocycles. The van der Waals surface area contributed by atoms with Gasteiger partial charge in [-0.25, -0.2) is 12.8 Å². The van der Waals surface area contributed by atoms with E-state index in [0.29, 0.717) is 11.3 Å². The molecule has 0 aromatic heterocycles. The van der Waals surface area contributed by atoms with Crippen molar-refractivity contribution in [1.82, 2.24) is 5.32 Å². The largest absolute Gasteiger partial charge is 0.348 e. The highest BCUT2D eigenvalue weighted by molar-refractivity contribution is 7.92. The molecule has 1 amide bonds. The maximum absolute atomic E-state index is 12.9. The summed E-state index contributed by atoms with van der Waals surface area (Å²) >= 11 is 0. The van der Waals surface area contributed by atoms with E-state index in [-0.39, 0.29) is 23.2 Å².